The van der Waals surface area contributed by atoms with Crippen LogP contribution in [0.2, 0.25) is 0 Å². The minimum absolute atomic E-state index is 0.239. The number of aromatic nitrogens is 2. The van der Waals surface area contributed by atoms with Gasteiger partial charge in [-0.25, -0.2) is 4.98 Å². The summed E-state index contributed by atoms with van der Waals surface area (Å²) in [5, 5.41) is 3.24. The zero-order valence-electron chi connectivity index (χ0n) is 12.9. The van der Waals surface area contributed by atoms with Gasteiger partial charge in [0.25, 0.3) is 5.56 Å². The van der Waals surface area contributed by atoms with Crippen LogP contribution >= 0.6 is 0 Å². The predicted molar refractivity (Wildman–Crippen MR) is 81.5 cm³/mol. The Balaban J connectivity index is 2.48. The quantitative estimate of drug-likeness (QED) is 0.721. The summed E-state index contributed by atoms with van der Waals surface area (Å²) in [5.74, 6) is 0.745. The van der Waals surface area contributed by atoms with Gasteiger partial charge in [0.05, 0.1) is 13.4 Å². The summed E-state index contributed by atoms with van der Waals surface area (Å²) < 4.78 is 5.08. The number of aromatic amines is 1. The minimum atomic E-state index is -0.264. The van der Waals surface area contributed by atoms with E-state index in [0.29, 0.717) is 5.82 Å². The fourth-order valence-electron chi connectivity index (χ4n) is 2.15. The highest BCUT2D eigenvalue weighted by Gasteiger charge is 2.11. The fraction of sp³-hybridized carbons (Fsp3) is 0.714. The maximum absolute atomic E-state index is 11.6. The van der Waals surface area contributed by atoms with Gasteiger partial charge in [-0.2, -0.15) is 0 Å². The monoisotopic (exact) mass is 282 g/mol. The maximum atomic E-state index is 11.6. The van der Waals surface area contributed by atoms with Crippen LogP contribution in [-0.2, 0) is 0 Å². The second kappa shape index (κ2) is 8.58. The zero-order valence-corrected chi connectivity index (χ0v) is 12.9. The smallest absolute Gasteiger partial charge is 0.295 e. The van der Waals surface area contributed by atoms with Crippen molar-refractivity contribution in [2.45, 2.75) is 39.7 Å². The Bertz CT molecular complexity index is 443. The zero-order chi connectivity index (χ0) is 15.0. The van der Waals surface area contributed by atoms with Crippen molar-refractivity contribution < 1.29 is 4.74 Å². The first-order valence-electron chi connectivity index (χ1n) is 7.22. The molecule has 20 heavy (non-hydrogen) atoms. The van der Waals surface area contributed by atoms with E-state index in [0.717, 1.165) is 32.5 Å². The number of anilines is 1. The summed E-state index contributed by atoms with van der Waals surface area (Å²) in [6, 6.07) is 0.244. The molecule has 2 N–H and O–H groups in total. The first-order valence-corrected chi connectivity index (χ1v) is 7.22. The molecule has 1 rings (SSSR count). The van der Waals surface area contributed by atoms with Gasteiger partial charge in [-0.05, 0) is 39.4 Å². The topological polar surface area (TPSA) is 70.2 Å². The second-order valence-electron chi connectivity index (χ2n) is 4.83. The molecular weight excluding hydrogens is 256 g/mol. The highest BCUT2D eigenvalue weighted by Crippen LogP contribution is 2.16. The lowest BCUT2D eigenvalue weighted by Crippen LogP contribution is -2.26. The molecule has 6 nitrogen and oxygen atoms in total. The third kappa shape index (κ3) is 4.85. The van der Waals surface area contributed by atoms with Gasteiger partial charge in [0, 0.05) is 6.04 Å². The third-order valence-corrected chi connectivity index (χ3v) is 3.40. The molecule has 0 spiro atoms. The van der Waals surface area contributed by atoms with Crippen molar-refractivity contribution in [3.8, 4) is 5.75 Å². The Morgan fingerprint density at radius 3 is 2.75 bits per heavy atom. The van der Waals surface area contributed by atoms with Gasteiger partial charge in [0.1, 0.15) is 0 Å². The van der Waals surface area contributed by atoms with E-state index in [1.54, 1.807) is 0 Å². The SMILES string of the molecule is CCN(CC)CCCC(C)Nc1nc[nH]c(=O)c1OC. The molecule has 1 heterocycles. The average molecular weight is 282 g/mol. The first kappa shape index (κ1) is 16.5. The van der Waals surface area contributed by atoms with Gasteiger partial charge in [-0.3, -0.25) is 4.79 Å². The van der Waals surface area contributed by atoms with E-state index in [2.05, 4.69) is 41.0 Å². The van der Waals surface area contributed by atoms with Crippen LogP contribution < -0.4 is 15.6 Å². The number of hydrogen-bond donors (Lipinski definition) is 2. The van der Waals surface area contributed by atoms with Crippen molar-refractivity contribution in [2.75, 3.05) is 32.1 Å². The van der Waals surface area contributed by atoms with E-state index in [1.165, 1.54) is 13.4 Å². The fourth-order valence-corrected chi connectivity index (χ4v) is 2.15. The largest absolute Gasteiger partial charge is 0.489 e. The molecule has 114 valence electrons. The Kier molecular flexibility index (Phi) is 7.08. The van der Waals surface area contributed by atoms with Crippen molar-refractivity contribution in [3.63, 3.8) is 0 Å². The number of ether oxygens (including phenoxy) is 1. The summed E-state index contributed by atoms with van der Waals surface area (Å²) in [7, 11) is 1.47. The van der Waals surface area contributed by atoms with Gasteiger partial charge in [-0.15, -0.1) is 0 Å². The molecule has 0 bridgehead atoms. The summed E-state index contributed by atoms with van der Waals surface area (Å²) in [5.41, 5.74) is -0.264. The molecule has 1 aromatic heterocycles. The highest BCUT2D eigenvalue weighted by atomic mass is 16.5. The normalized spacial score (nSPS) is 12.4. The molecule has 0 saturated heterocycles. The molecule has 0 radical (unpaired) electrons. The number of methoxy groups -OCH3 is 1. The van der Waals surface area contributed by atoms with Crippen LogP contribution in [0.1, 0.15) is 33.6 Å². The van der Waals surface area contributed by atoms with Crippen LogP contribution in [0, 0.1) is 0 Å². The van der Waals surface area contributed by atoms with Crippen LogP contribution in [-0.4, -0.2) is 47.7 Å². The van der Waals surface area contributed by atoms with E-state index in [4.69, 9.17) is 4.74 Å². The summed E-state index contributed by atoms with van der Waals surface area (Å²) in [6.07, 6.45) is 3.52. The predicted octanol–water partition coefficient (Wildman–Crippen LogP) is 1.70. The molecular formula is C14H26N4O2. The van der Waals surface area contributed by atoms with Crippen molar-refractivity contribution in [2.24, 2.45) is 0 Å². The van der Waals surface area contributed by atoms with Gasteiger partial charge >= 0.3 is 0 Å². The lowest BCUT2D eigenvalue weighted by molar-refractivity contribution is 0.295. The maximum Gasteiger partial charge on any atom is 0.295 e. The number of rotatable bonds is 9. The standard InChI is InChI=1S/C14H26N4O2/c1-5-18(6-2)9-7-8-11(3)17-13-12(20-4)14(19)16-10-15-13/h10-11H,5-9H2,1-4H3,(H2,15,16,17,19). The Hall–Kier alpha value is -1.56. The van der Waals surface area contributed by atoms with E-state index in [1.807, 2.05) is 0 Å². The van der Waals surface area contributed by atoms with E-state index < -0.39 is 0 Å². The van der Waals surface area contributed by atoms with Crippen LogP contribution in [0.4, 0.5) is 5.82 Å². The number of H-pyrrole nitrogens is 1. The molecule has 0 aliphatic rings. The van der Waals surface area contributed by atoms with Crippen molar-refractivity contribution >= 4 is 5.82 Å². The number of hydrogen-bond acceptors (Lipinski definition) is 5. The third-order valence-electron chi connectivity index (χ3n) is 3.40. The average Bonchev–Trinajstić information content (AvgIpc) is 2.44. The van der Waals surface area contributed by atoms with Gasteiger partial charge in [-0.1, -0.05) is 13.8 Å². The first-order chi connectivity index (χ1) is 9.62. The number of nitrogens with one attached hydrogen (secondary N) is 2. The molecule has 0 aromatic carbocycles. The van der Waals surface area contributed by atoms with Crippen molar-refractivity contribution in [3.05, 3.63) is 16.7 Å². The minimum Gasteiger partial charge on any atom is -0.489 e. The van der Waals surface area contributed by atoms with Crippen LogP contribution in [0.3, 0.4) is 0 Å². The van der Waals surface area contributed by atoms with Crippen LogP contribution in [0.15, 0.2) is 11.1 Å². The van der Waals surface area contributed by atoms with Crippen molar-refractivity contribution in [1.29, 1.82) is 0 Å². The summed E-state index contributed by atoms with van der Waals surface area (Å²) in [4.78, 5) is 20.6. The van der Waals surface area contributed by atoms with Crippen LogP contribution in [0.25, 0.3) is 0 Å². The lowest BCUT2D eigenvalue weighted by atomic mass is 10.1. The summed E-state index contributed by atoms with van der Waals surface area (Å²) >= 11 is 0. The van der Waals surface area contributed by atoms with E-state index in [9.17, 15) is 4.79 Å². The van der Waals surface area contributed by atoms with Crippen LogP contribution in [0.5, 0.6) is 5.75 Å². The summed E-state index contributed by atoms with van der Waals surface area (Å²) in [6.45, 7) is 9.71. The van der Waals surface area contributed by atoms with E-state index in [-0.39, 0.29) is 17.4 Å². The number of nitrogens with zero attached hydrogens (tertiary/aromatic N) is 2. The lowest BCUT2D eigenvalue weighted by Gasteiger charge is -2.20. The molecule has 0 aliphatic carbocycles. The molecule has 1 unspecified atom stereocenters. The molecule has 0 amide bonds. The Morgan fingerprint density at radius 2 is 2.15 bits per heavy atom. The van der Waals surface area contributed by atoms with Gasteiger partial charge < -0.3 is 19.9 Å². The molecule has 1 aromatic rings. The Labute approximate surface area is 120 Å². The molecule has 6 heteroatoms. The second-order valence-corrected chi connectivity index (χ2v) is 4.83. The van der Waals surface area contributed by atoms with Gasteiger partial charge in [0.15, 0.2) is 5.82 Å². The molecule has 0 saturated carbocycles. The highest BCUT2D eigenvalue weighted by molar-refractivity contribution is 5.48. The molecule has 0 aliphatic heterocycles. The Morgan fingerprint density at radius 1 is 1.45 bits per heavy atom. The molecule has 1 atom stereocenters. The molecule has 0 fully saturated rings. The van der Waals surface area contributed by atoms with Gasteiger partial charge in [0.2, 0.25) is 5.75 Å². The van der Waals surface area contributed by atoms with E-state index >= 15 is 0 Å². The van der Waals surface area contributed by atoms with Crippen molar-refractivity contribution in [1.82, 2.24) is 14.9 Å².